The molecule has 3 N–H and O–H groups in total. The van der Waals surface area contributed by atoms with Crippen molar-refractivity contribution >= 4 is 17.1 Å². The van der Waals surface area contributed by atoms with Crippen molar-refractivity contribution in [1.82, 2.24) is 19.8 Å². The van der Waals surface area contributed by atoms with Crippen molar-refractivity contribution in [3.63, 3.8) is 0 Å². The minimum Gasteiger partial charge on any atom is -0.481 e. The second-order valence-electron chi connectivity index (χ2n) is 8.09. The van der Waals surface area contributed by atoms with E-state index in [4.69, 9.17) is 10.5 Å². The minimum atomic E-state index is -0.674. The summed E-state index contributed by atoms with van der Waals surface area (Å²) in [5.41, 5.74) is 15.2. The van der Waals surface area contributed by atoms with Gasteiger partial charge in [0.15, 0.2) is 0 Å². The summed E-state index contributed by atoms with van der Waals surface area (Å²) in [7, 11) is 3.52. The number of aromatic nitrogens is 2. The standard InChI is InChI=1S/C26H25FN6O/c1-32-16-21(24(31-32)17-8-11-20(27)12-9-17)19-10-13-23-29-14-22(33(23)15-19)25(28)30-26(34-2)18-6-4-3-5-7-18/h3-16,24-25,31H,28H2,1-2H3. The number of halogens is 1. The van der Waals surface area contributed by atoms with Gasteiger partial charge in [-0.2, -0.15) is 0 Å². The van der Waals surface area contributed by atoms with Gasteiger partial charge in [-0.25, -0.2) is 19.8 Å². The normalized spacial score (nSPS) is 17.2. The molecule has 0 bridgehead atoms. The summed E-state index contributed by atoms with van der Waals surface area (Å²) in [5.74, 6) is 0.200. The van der Waals surface area contributed by atoms with Crippen LogP contribution in [0.25, 0.3) is 11.2 Å². The third-order valence-corrected chi connectivity index (χ3v) is 5.82. The van der Waals surface area contributed by atoms with Crippen molar-refractivity contribution in [2.24, 2.45) is 10.7 Å². The van der Waals surface area contributed by atoms with Crippen LogP contribution in [0.15, 0.2) is 90.3 Å². The average molecular weight is 457 g/mol. The number of pyridine rings is 1. The van der Waals surface area contributed by atoms with E-state index in [0.717, 1.165) is 33.6 Å². The van der Waals surface area contributed by atoms with Crippen molar-refractivity contribution < 1.29 is 9.13 Å². The topological polar surface area (TPSA) is 80.2 Å². The van der Waals surface area contributed by atoms with Gasteiger partial charge in [0, 0.05) is 30.6 Å². The van der Waals surface area contributed by atoms with Gasteiger partial charge >= 0.3 is 0 Å². The van der Waals surface area contributed by atoms with Crippen LogP contribution in [0.1, 0.15) is 34.6 Å². The lowest BCUT2D eigenvalue weighted by molar-refractivity contribution is 0.334. The quantitative estimate of drug-likeness (QED) is 0.350. The Morgan fingerprint density at radius 3 is 2.62 bits per heavy atom. The highest BCUT2D eigenvalue weighted by Crippen LogP contribution is 2.34. The molecule has 2 atom stereocenters. The molecule has 172 valence electrons. The number of rotatable bonds is 5. The Hall–Kier alpha value is -4.01. The maximum atomic E-state index is 13.5. The third kappa shape index (κ3) is 4.16. The van der Waals surface area contributed by atoms with E-state index < -0.39 is 6.17 Å². The van der Waals surface area contributed by atoms with Gasteiger partial charge in [-0.1, -0.05) is 30.3 Å². The molecule has 0 amide bonds. The molecule has 2 aromatic heterocycles. The van der Waals surface area contributed by atoms with Crippen LogP contribution >= 0.6 is 0 Å². The molecule has 3 heterocycles. The number of hydrazine groups is 1. The summed E-state index contributed by atoms with van der Waals surface area (Å²) in [6.07, 6.45) is 5.09. The van der Waals surface area contributed by atoms with Crippen LogP contribution in [0.4, 0.5) is 4.39 Å². The number of nitrogens with zero attached hydrogens (tertiary/aromatic N) is 4. The van der Waals surface area contributed by atoms with Crippen molar-refractivity contribution in [2.75, 3.05) is 14.2 Å². The molecule has 0 saturated carbocycles. The van der Waals surface area contributed by atoms with Gasteiger partial charge in [0.05, 0.1) is 25.0 Å². The van der Waals surface area contributed by atoms with E-state index in [1.54, 1.807) is 25.4 Å². The SMILES string of the molecule is COC(=NC(N)c1cnc2ccc(C3=CN(C)NC3c3ccc(F)cc3)cn12)c1ccccc1. The number of nitrogens with two attached hydrogens (primary N) is 1. The van der Waals surface area contributed by atoms with E-state index in [9.17, 15) is 4.39 Å². The van der Waals surface area contributed by atoms with Gasteiger partial charge in [0.25, 0.3) is 0 Å². The van der Waals surface area contributed by atoms with Crippen LogP contribution in [0.5, 0.6) is 0 Å². The van der Waals surface area contributed by atoms with E-state index >= 15 is 0 Å². The average Bonchev–Trinajstić information content (AvgIpc) is 3.46. The highest BCUT2D eigenvalue weighted by Gasteiger charge is 2.26. The van der Waals surface area contributed by atoms with Crippen molar-refractivity contribution in [1.29, 1.82) is 0 Å². The number of hydrogen-bond acceptors (Lipinski definition) is 6. The van der Waals surface area contributed by atoms with E-state index in [1.165, 1.54) is 12.1 Å². The molecule has 0 radical (unpaired) electrons. The van der Waals surface area contributed by atoms with E-state index in [-0.39, 0.29) is 11.9 Å². The zero-order valence-corrected chi connectivity index (χ0v) is 18.9. The number of imidazole rings is 1. The largest absolute Gasteiger partial charge is 0.481 e. The molecule has 4 aromatic rings. The number of benzene rings is 2. The van der Waals surface area contributed by atoms with Crippen LogP contribution in [0.3, 0.4) is 0 Å². The second kappa shape index (κ2) is 9.09. The molecule has 0 saturated heterocycles. The lowest BCUT2D eigenvalue weighted by Gasteiger charge is -2.18. The fraction of sp³-hybridized carbons (Fsp3) is 0.154. The van der Waals surface area contributed by atoms with Crippen LogP contribution in [-0.2, 0) is 4.74 Å². The zero-order valence-electron chi connectivity index (χ0n) is 18.9. The lowest BCUT2D eigenvalue weighted by Crippen LogP contribution is -2.27. The molecule has 5 rings (SSSR count). The first-order valence-electron chi connectivity index (χ1n) is 10.9. The Morgan fingerprint density at radius 1 is 1.12 bits per heavy atom. The Morgan fingerprint density at radius 2 is 1.88 bits per heavy atom. The molecule has 8 heteroatoms. The molecule has 34 heavy (non-hydrogen) atoms. The summed E-state index contributed by atoms with van der Waals surface area (Å²) in [5, 5.41) is 1.91. The van der Waals surface area contributed by atoms with Crippen LogP contribution in [0, 0.1) is 5.82 Å². The maximum Gasteiger partial charge on any atom is 0.217 e. The Balaban J connectivity index is 1.51. The maximum absolute atomic E-state index is 13.5. The van der Waals surface area contributed by atoms with Gasteiger partial charge in [0.1, 0.15) is 17.6 Å². The van der Waals surface area contributed by atoms with Crippen LogP contribution in [-0.4, -0.2) is 34.4 Å². The number of methoxy groups -OCH3 is 1. The van der Waals surface area contributed by atoms with E-state index in [2.05, 4.69) is 15.4 Å². The van der Waals surface area contributed by atoms with Gasteiger partial charge in [-0.05, 0) is 47.5 Å². The molecule has 1 aliphatic rings. The molecule has 2 unspecified atom stereocenters. The molecule has 0 spiro atoms. The van der Waals surface area contributed by atoms with Crippen molar-refractivity contribution in [2.45, 2.75) is 12.2 Å². The van der Waals surface area contributed by atoms with Gasteiger partial charge in [-0.3, -0.25) is 4.40 Å². The van der Waals surface area contributed by atoms with Gasteiger partial charge in [-0.15, -0.1) is 0 Å². The number of ether oxygens (including phenoxy) is 1. The molecular formula is C26H25FN6O. The van der Waals surface area contributed by atoms with Crippen LogP contribution < -0.4 is 11.2 Å². The fourth-order valence-electron chi connectivity index (χ4n) is 4.15. The molecular weight excluding hydrogens is 431 g/mol. The van der Waals surface area contributed by atoms with Crippen molar-refractivity contribution in [3.8, 4) is 0 Å². The summed E-state index contributed by atoms with van der Waals surface area (Å²) in [6, 6.07) is 20.0. The van der Waals surface area contributed by atoms with Gasteiger partial charge < -0.3 is 15.5 Å². The predicted octanol–water partition coefficient (Wildman–Crippen LogP) is 4.06. The first-order valence-corrected chi connectivity index (χ1v) is 10.9. The highest BCUT2D eigenvalue weighted by molar-refractivity contribution is 5.94. The summed E-state index contributed by atoms with van der Waals surface area (Å²) in [4.78, 5) is 9.11. The second-order valence-corrected chi connectivity index (χ2v) is 8.09. The first kappa shape index (κ1) is 21.8. The molecule has 0 fully saturated rings. The van der Waals surface area contributed by atoms with Gasteiger partial charge in [0.2, 0.25) is 5.90 Å². The molecule has 2 aromatic carbocycles. The lowest BCUT2D eigenvalue weighted by atomic mass is 9.96. The fourth-order valence-corrected chi connectivity index (χ4v) is 4.15. The monoisotopic (exact) mass is 456 g/mol. The van der Waals surface area contributed by atoms with E-state index in [1.807, 2.05) is 71.3 Å². The smallest absolute Gasteiger partial charge is 0.217 e. The highest BCUT2D eigenvalue weighted by atomic mass is 19.1. The number of fused-ring (bicyclic) bond motifs is 1. The van der Waals surface area contributed by atoms with Crippen LogP contribution in [0.2, 0.25) is 0 Å². The summed E-state index contributed by atoms with van der Waals surface area (Å²) >= 11 is 0. The predicted molar refractivity (Wildman–Crippen MR) is 130 cm³/mol. The summed E-state index contributed by atoms with van der Waals surface area (Å²) < 4.78 is 20.9. The third-order valence-electron chi connectivity index (χ3n) is 5.82. The van der Waals surface area contributed by atoms with Crippen molar-refractivity contribution in [3.05, 3.63) is 114 Å². The molecule has 7 nitrogen and oxygen atoms in total. The Kier molecular flexibility index (Phi) is 5.83. The number of aliphatic imine (C=N–C) groups is 1. The minimum absolute atomic E-state index is 0.111. The Labute approximate surface area is 197 Å². The number of nitrogens with one attached hydrogen (secondary N) is 1. The zero-order chi connectivity index (χ0) is 23.7. The number of hydrogen-bond donors (Lipinski definition) is 2. The molecule has 1 aliphatic heterocycles. The molecule has 0 aliphatic carbocycles. The summed E-state index contributed by atoms with van der Waals surface area (Å²) in [6.45, 7) is 0. The first-order chi connectivity index (χ1) is 16.5. The van der Waals surface area contributed by atoms with E-state index in [0.29, 0.717) is 5.90 Å². The Bertz CT molecular complexity index is 1360.